The fourth-order valence-corrected chi connectivity index (χ4v) is 22.7. The molecule has 4 aromatic rings. The first-order valence-corrected chi connectivity index (χ1v) is 22.1. The Hall–Kier alpha value is -2.48. The molecule has 0 atom stereocenters. The summed E-state index contributed by atoms with van der Waals surface area (Å²) >= 11 is -2.08. The van der Waals surface area contributed by atoms with Crippen LogP contribution in [0.5, 0.6) is 0 Å². The van der Waals surface area contributed by atoms with Crippen molar-refractivity contribution in [1.29, 1.82) is 0 Å². The van der Waals surface area contributed by atoms with E-state index in [1.165, 1.54) is 44.5 Å². The normalized spacial score (nSPS) is 14.0. The smallest absolute Gasteiger partial charge is 1.00 e. The van der Waals surface area contributed by atoms with Gasteiger partial charge in [-0.2, -0.15) is 0 Å². The third-order valence-electron chi connectivity index (χ3n) is 7.58. The maximum Gasteiger partial charge on any atom is -1.00 e. The Labute approximate surface area is 259 Å². The van der Waals surface area contributed by atoms with Gasteiger partial charge in [0, 0.05) is 0 Å². The predicted octanol–water partition coefficient (Wildman–Crippen LogP) is 3.66. The maximum absolute atomic E-state index is 2.62. The van der Waals surface area contributed by atoms with Crippen LogP contribution in [-0.4, -0.2) is 5.43 Å². The van der Waals surface area contributed by atoms with Gasteiger partial charge >= 0.3 is 236 Å². The average molecular weight is 655 g/mol. The number of hydrogen-bond acceptors (Lipinski definition) is 0. The van der Waals surface area contributed by atoms with Gasteiger partial charge in [0.2, 0.25) is 0 Å². The van der Waals surface area contributed by atoms with Gasteiger partial charge in [-0.05, 0) is 0 Å². The number of halogens is 2. The Kier molecular flexibility index (Phi) is 10.6. The van der Waals surface area contributed by atoms with Crippen LogP contribution >= 0.6 is 0 Å². The van der Waals surface area contributed by atoms with Crippen LogP contribution in [0.25, 0.3) is 22.3 Å². The van der Waals surface area contributed by atoms with Gasteiger partial charge in [0.05, 0.1) is 0 Å². The molecule has 0 fully saturated rings. The predicted molar refractivity (Wildman–Crippen MR) is 162 cm³/mol. The third-order valence-corrected chi connectivity index (χ3v) is 24.5. The van der Waals surface area contributed by atoms with Crippen LogP contribution in [0, 0.1) is 0 Å². The van der Waals surface area contributed by atoms with Crippen molar-refractivity contribution < 1.29 is 45.2 Å². The Bertz CT molecular complexity index is 1510. The number of allylic oxidation sites excluding steroid dienone is 8. The topological polar surface area (TPSA) is 0 Å². The van der Waals surface area contributed by atoms with E-state index in [2.05, 4.69) is 147 Å². The van der Waals surface area contributed by atoms with Crippen LogP contribution in [0.3, 0.4) is 0 Å². The summed E-state index contributed by atoms with van der Waals surface area (Å²) in [6.45, 7) is 5.15. The van der Waals surface area contributed by atoms with Crippen molar-refractivity contribution in [2.24, 2.45) is 0 Å². The van der Waals surface area contributed by atoms with Crippen molar-refractivity contribution in [3.8, 4) is 0 Å². The van der Waals surface area contributed by atoms with Crippen LogP contribution < -0.4 is 24.8 Å². The van der Waals surface area contributed by atoms with Gasteiger partial charge in [-0.3, -0.25) is 0 Å². The Morgan fingerprint density at radius 1 is 0.450 bits per heavy atom. The molecule has 40 heavy (non-hydrogen) atoms. The zero-order valence-corrected chi connectivity index (χ0v) is 27.8. The molecule has 0 N–H and O–H groups in total. The molecule has 2 aliphatic rings. The van der Waals surface area contributed by atoms with Gasteiger partial charge in [0.1, 0.15) is 0 Å². The second kappa shape index (κ2) is 13.9. The Balaban J connectivity index is 0.00000185. The first-order valence-electron chi connectivity index (χ1n) is 13.5. The molecule has 0 radical (unpaired) electrons. The molecular formula is C36H32Cl2SiZr. The van der Waals surface area contributed by atoms with Gasteiger partial charge in [-0.15, -0.1) is 0 Å². The van der Waals surface area contributed by atoms with Crippen LogP contribution in [0.2, 0.25) is 13.1 Å². The minimum atomic E-state index is -2.08. The summed E-state index contributed by atoms with van der Waals surface area (Å²) in [5.74, 6) is 0. The zero-order valence-electron chi connectivity index (χ0n) is 22.9. The maximum atomic E-state index is 2.62. The molecule has 0 spiro atoms. The van der Waals surface area contributed by atoms with E-state index < -0.39 is 25.8 Å². The molecule has 0 aromatic heterocycles. The fourth-order valence-electron chi connectivity index (χ4n) is 5.91. The number of rotatable bonds is 6. The second-order valence-corrected chi connectivity index (χ2v) is 27.6. The Morgan fingerprint density at radius 2 is 0.750 bits per heavy atom. The zero-order chi connectivity index (χ0) is 25.9. The van der Waals surface area contributed by atoms with Gasteiger partial charge in [0.15, 0.2) is 0 Å². The molecular weight excluding hydrogens is 623 g/mol. The van der Waals surface area contributed by atoms with Crippen molar-refractivity contribution in [3.05, 3.63) is 162 Å². The minimum absolute atomic E-state index is 0. The summed E-state index contributed by atoms with van der Waals surface area (Å²) in [5.41, 5.74) is 10.9. The molecule has 0 saturated heterocycles. The first kappa shape index (κ1) is 30.5. The monoisotopic (exact) mass is 652 g/mol. The quantitative estimate of drug-likeness (QED) is 0.279. The van der Waals surface area contributed by atoms with E-state index in [0.717, 1.165) is 12.8 Å². The van der Waals surface area contributed by atoms with Gasteiger partial charge < -0.3 is 24.8 Å². The SMILES string of the molecule is C[Si](C)=[Zr+2]([C]1=CC(c2ccccc2)=C(c2ccccc2)C1)[C]1=CC(c2ccccc2)=C(c2ccccc2)C1.[Cl-].[Cl-]. The molecule has 0 amide bonds. The largest absolute Gasteiger partial charge is 1.00 e. The van der Waals surface area contributed by atoms with E-state index in [-0.39, 0.29) is 24.8 Å². The standard InChI is InChI=1S/2C17H13.C2H6Si.2ClH.Zr/c2*1-3-8-14(9-4-1)16-12-7-13-17(16)15-10-5-2-6-11-15;1-3-2;;;/h2*1-6,8-12H,13H2;1-2H3;2*1H;/q;;;;;+2/p-2. The van der Waals surface area contributed by atoms with Crippen molar-refractivity contribution in [3.63, 3.8) is 0 Å². The molecule has 0 aliphatic heterocycles. The van der Waals surface area contributed by atoms with Crippen molar-refractivity contribution in [2.45, 2.75) is 25.9 Å². The van der Waals surface area contributed by atoms with Crippen molar-refractivity contribution in [1.82, 2.24) is 0 Å². The molecule has 6 rings (SSSR count). The van der Waals surface area contributed by atoms with Crippen molar-refractivity contribution >= 4 is 27.7 Å². The van der Waals surface area contributed by atoms with Crippen LogP contribution in [0.15, 0.2) is 140 Å². The van der Waals surface area contributed by atoms with E-state index in [9.17, 15) is 0 Å². The summed E-state index contributed by atoms with van der Waals surface area (Å²) in [4.78, 5) is 0. The van der Waals surface area contributed by atoms with Gasteiger partial charge in [0.25, 0.3) is 0 Å². The van der Waals surface area contributed by atoms with Crippen LogP contribution in [-0.2, 0) is 20.4 Å². The Morgan fingerprint density at radius 3 is 1.05 bits per heavy atom. The number of benzene rings is 4. The molecule has 0 nitrogen and oxygen atoms in total. The van der Waals surface area contributed by atoms with E-state index in [4.69, 9.17) is 0 Å². The fraction of sp³-hybridized carbons (Fsp3) is 0.111. The van der Waals surface area contributed by atoms with E-state index in [0.29, 0.717) is 0 Å². The summed E-state index contributed by atoms with van der Waals surface area (Å²) in [6, 6.07) is 44.2. The molecule has 0 heterocycles. The molecule has 198 valence electrons. The third kappa shape index (κ3) is 6.37. The van der Waals surface area contributed by atoms with E-state index in [1.807, 2.05) is 0 Å². The summed E-state index contributed by atoms with van der Waals surface area (Å²) < 4.78 is 3.55. The molecule has 0 bridgehead atoms. The molecule has 4 heteroatoms. The average Bonchev–Trinajstić information content (AvgIpc) is 3.61. The molecule has 0 unspecified atom stereocenters. The van der Waals surface area contributed by atoms with E-state index in [1.54, 1.807) is 6.56 Å². The van der Waals surface area contributed by atoms with Gasteiger partial charge in [-0.25, -0.2) is 0 Å². The van der Waals surface area contributed by atoms with Gasteiger partial charge in [-0.1, -0.05) is 0 Å². The van der Waals surface area contributed by atoms with Crippen LogP contribution in [0.1, 0.15) is 35.1 Å². The first-order chi connectivity index (χ1) is 18.7. The molecule has 4 aromatic carbocycles. The second-order valence-electron chi connectivity index (χ2n) is 10.3. The summed E-state index contributed by atoms with van der Waals surface area (Å²) in [6.07, 6.45) is 7.45. The minimum Gasteiger partial charge on any atom is -1.00 e. The summed E-state index contributed by atoms with van der Waals surface area (Å²) in [5, 5.41) is 0. The molecule has 2 aliphatic carbocycles. The summed E-state index contributed by atoms with van der Waals surface area (Å²) in [7, 11) is 0. The van der Waals surface area contributed by atoms with Crippen molar-refractivity contribution in [2.75, 3.05) is 0 Å². The van der Waals surface area contributed by atoms with E-state index >= 15 is 0 Å². The molecule has 0 saturated carbocycles. The number of hydrogen-bond donors (Lipinski definition) is 0. The van der Waals surface area contributed by atoms with Crippen LogP contribution in [0.4, 0.5) is 0 Å².